The van der Waals surface area contributed by atoms with Gasteiger partial charge in [0.15, 0.2) is 0 Å². The number of nitrogens with zero attached hydrogens (tertiary/aromatic N) is 1. The van der Waals surface area contributed by atoms with Crippen LogP contribution in [-0.4, -0.2) is 35.5 Å². The Morgan fingerprint density at radius 2 is 1.78 bits per heavy atom. The van der Waals surface area contributed by atoms with Crippen molar-refractivity contribution in [3.05, 3.63) is 76.0 Å². The molecule has 1 aromatic heterocycles. The number of hydrogen-bond donors (Lipinski definition) is 1. The van der Waals surface area contributed by atoms with Gasteiger partial charge >= 0.3 is 5.97 Å². The van der Waals surface area contributed by atoms with Crippen molar-refractivity contribution in [1.82, 2.24) is 4.90 Å². The Labute approximate surface area is 223 Å². The van der Waals surface area contributed by atoms with Crippen molar-refractivity contribution in [1.29, 1.82) is 0 Å². The molecule has 1 N–H and O–H groups in total. The zero-order chi connectivity index (χ0) is 26.5. The van der Waals surface area contributed by atoms with Crippen molar-refractivity contribution >= 4 is 23.5 Å². The van der Waals surface area contributed by atoms with Crippen molar-refractivity contribution in [3.8, 4) is 17.1 Å². The van der Waals surface area contributed by atoms with Crippen LogP contribution in [0.4, 0.5) is 0 Å². The summed E-state index contributed by atoms with van der Waals surface area (Å²) in [6, 6.07) is 15.0. The van der Waals surface area contributed by atoms with Gasteiger partial charge < -0.3 is 19.2 Å². The second-order valence-electron chi connectivity index (χ2n) is 9.91. The minimum Gasteiger partial charge on any atom is -0.485 e. The first-order valence-corrected chi connectivity index (χ1v) is 13.2. The van der Waals surface area contributed by atoms with E-state index in [1.54, 1.807) is 19.2 Å². The lowest BCUT2D eigenvalue weighted by atomic mass is 9.82. The molecule has 2 aromatic carbocycles. The van der Waals surface area contributed by atoms with Crippen LogP contribution in [0.5, 0.6) is 5.75 Å². The van der Waals surface area contributed by atoms with Gasteiger partial charge in [-0.05, 0) is 80.8 Å². The van der Waals surface area contributed by atoms with Gasteiger partial charge in [-0.1, -0.05) is 30.9 Å². The molecule has 196 valence electrons. The molecule has 37 heavy (non-hydrogen) atoms. The standard InChI is InChI=1S/C30H34ClNO5/c1-19-17-23(31)11-14-25(19)27-18-26(20(2)36-27)29(21-7-5-4-6-8-21)37-24-12-9-22(10-13-24)30(35)32(3)16-15-28(33)34/h9-14,17-18,21,29H,4-8,15-16H2,1-3H3,(H,33,34). The number of hydrogen-bond acceptors (Lipinski definition) is 4. The topological polar surface area (TPSA) is 80.0 Å². The van der Waals surface area contributed by atoms with Crippen molar-refractivity contribution in [2.24, 2.45) is 5.92 Å². The Bertz CT molecular complexity index is 1240. The Hall–Kier alpha value is -3.25. The van der Waals surface area contributed by atoms with Crippen LogP contribution < -0.4 is 4.74 Å². The first-order valence-electron chi connectivity index (χ1n) is 12.8. The fourth-order valence-corrected chi connectivity index (χ4v) is 5.30. The predicted octanol–water partition coefficient (Wildman–Crippen LogP) is 7.46. The molecule has 1 fully saturated rings. The zero-order valence-corrected chi connectivity index (χ0v) is 22.4. The Kier molecular flexibility index (Phi) is 8.59. The third-order valence-corrected chi connectivity index (χ3v) is 7.40. The van der Waals surface area contributed by atoms with Gasteiger partial charge in [0.05, 0.1) is 6.42 Å². The molecule has 0 saturated heterocycles. The first-order chi connectivity index (χ1) is 17.7. The van der Waals surface area contributed by atoms with Crippen molar-refractivity contribution < 1.29 is 23.8 Å². The molecule has 1 unspecified atom stereocenters. The number of furan rings is 1. The summed E-state index contributed by atoms with van der Waals surface area (Å²) in [5, 5.41) is 9.58. The van der Waals surface area contributed by atoms with Gasteiger partial charge in [0.2, 0.25) is 0 Å². The molecule has 1 amide bonds. The number of carboxylic acid groups (broad SMARTS) is 1. The molecular weight excluding hydrogens is 490 g/mol. The van der Waals surface area contributed by atoms with Crippen LogP contribution in [0, 0.1) is 19.8 Å². The monoisotopic (exact) mass is 523 g/mol. The minimum absolute atomic E-state index is 0.0892. The van der Waals surface area contributed by atoms with Crippen molar-refractivity contribution in [2.45, 2.75) is 58.5 Å². The number of carbonyl (C=O) groups excluding carboxylic acids is 1. The second-order valence-corrected chi connectivity index (χ2v) is 10.3. The highest BCUT2D eigenvalue weighted by Gasteiger charge is 2.30. The highest BCUT2D eigenvalue weighted by molar-refractivity contribution is 6.30. The smallest absolute Gasteiger partial charge is 0.305 e. The third-order valence-electron chi connectivity index (χ3n) is 7.17. The van der Waals surface area contributed by atoms with E-state index in [0.29, 0.717) is 22.3 Å². The Morgan fingerprint density at radius 1 is 1.08 bits per heavy atom. The van der Waals surface area contributed by atoms with Gasteiger partial charge in [0.25, 0.3) is 5.91 Å². The summed E-state index contributed by atoms with van der Waals surface area (Å²) in [4.78, 5) is 24.9. The number of carbonyl (C=O) groups is 2. The van der Waals surface area contributed by atoms with E-state index in [0.717, 1.165) is 41.1 Å². The van der Waals surface area contributed by atoms with Crippen LogP contribution in [0.1, 0.15) is 71.9 Å². The van der Waals surface area contributed by atoms with Gasteiger partial charge in [0.1, 0.15) is 23.4 Å². The molecule has 4 rings (SSSR count). The average molecular weight is 524 g/mol. The molecule has 0 aliphatic heterocycles. The Morgan fingerprint density at radius 3 is 2.43 bits per heavy atom. The number of benzene rings is 2. The SMILES string of the molecule is Cc1cc(Cl)ccc1-c1cc(C(Oc2ccc(C(=O)N(C)CCC(=O)O)cc2)C2CCCCC2)c(C)o1. The van der Waals surface area contributed by atoms with E-state index < -0.39 is 5.97 Å². The van der Waals surface area contributed by atoms with Gasteiger partial charge in [-0.2, -0.15) is 0 Å². The maximum absolute atomic E-state index is 12.7. The number of halogens is 1. The number of aliphatic carboxylic acids is 1. The molecule has 1 atom stereocenters. The van der Waals surface area contributed by atoms with Gasteiger partial charge in [-0.3, -0.25) is 9.59 Å². The maximum atomic E-state index is 12.7. The second kappa shape index (κ2) is 11.9. The molecule has 7 heteroatoms. The fraction of sp³-hybridized carbons (Fsp3) is 0.400. The van der Waals surface area contributed by atoms with E-state index in [1.165, 1.54) is 24.2 Å². The van der Waals surface area contributed by atoms with Crippen LogP contribution in [0.25, 0.3) is 11.3 Å². The number of carboxylic acids is 1. The molecule has 3 aromatic rings. The minimum atomic E-state index is -0.930. The molecule has 1 saturated carbocycles. The quantitative estimate of drug-likeness (QED) is 0.315. The van der Waals surface area contributed by atoms with E-state index in [-0.39, 0.29) is 25.0 Å². The molecule has 6 nitrogen and oxygen atoms in total. The highest BCUT2D eigenvalue weighted by atomic mass is 35.5. The summed E-state index contributed by atoms with van der Waals surface area (Å²) < 4.78 is 12.8. The highest BCUT2D eigenvalue weighted by Crippen LogP contribution is 2.41. The summed E-state index contributed by atoms with van der Waals surface area (Å²) in [7, 11) is 1.61. The lowest BCUT2D eigenvalue weighted by Gasteiger charge is -2.30. The summed E-state index contributed by atoms with van der Waals surface area (Å²) in [6.45, 7) is 4.17. The van der Waals surface area contributed by atoms with Crippen molar-refractivity contribution in [3.63, 3.8) is 0 Å². The number of rotatable bonds is 9. The molecule has 1 aliphatic carbocycles. The lowest BCUT2D eigenvalue weighted by molar-refractivity contribution is -0.137. The normalized spacial score (nSPS) is 14.8. The first kappa shape index (κ1) is 26.8. The fourth-order valence-electron chi connectivity index (χ4n) is 5.07. The van der Waals surface area contributed by atoms with Crippen LogP contribution in [-0.2, 0) is 4.79 Å². The van der Waals surface area contributed by atoms with E-state index >= 15 is 0 Å². The van der Waals surface area contributed by atoms with Gasteiger partial charge in [-0.15, -0.1) is 0 Å². The lowest BCUT2D eigenvalue weighted by Crippen LogP contribution is -2.29. The third kappa shape index (κ3) is 6.55. The van der Waals surface area contributed by atoms with E-state index in [1.807, 2.05) is 44.2 Å². The molecule has 1 heterocycles. The maximum Gasteiger partial charge on any atom is 0.305 e. The van der Waals surface area contributed by atoms with E-state index in [2.05, 4.69) is 6.07 Å². The van der Waals surface area contributed by atoms with E-state index in [9.17, 15) is 9.59 Å². The number of amides is 1. The van der Waals surface area contributed by atoms with E-state index in [4.69, 9.17) is 25.9 Å². The molecule has 0 bridgehead atoms. The van der Waals surface area contributed by atoms with Crippen LogP contribution >= 0.6 is 11.6 Å². The van der Waals surface area contributed by atoms with Gasteiger partial charge in [0, 0.05) is 41.2 Å². The zero-order valence-electron chi connectivity index (χ0n) is 21.6. The van der Waals surface area contributed by atoms with Crippen molar-refractivity contribution in [2.75, 3.05) is 13.6 Å². The molecular formula is C30H34ClNO5. The van der Waals surface area contributed by atoms with Gasteiger partial charge in [-0.25, -0.2) is 0 Å². The van der Waals surface area contributed by atoms with Crippen LogP contribution in [0.15, 0.2) is 52.9 Å². The summed E-state index contributed by atoms with van der Waals surface area (Å²) >= 11 is 6.16. The number of ether oxygens (including phenoxy) is 1. The summed E-state index contributed by atoms with van der Waals surface area (Å²) in [5.74, 6) is 1.55. The van der Waals surface area contributed by atoms with Crippen LogP contribution in [0.3, 0.4) is 0 Å². The summed E-state index contributed by atoms with van der Waals surface area (Å²) in [5.41, 5.74) is 3.60. The molecule has 0 radical (unpaired) electrons. The largest absolute Gasteiger partial charge is 0.485 e. The number of aryl methyl sites for hydroxylation is 2. The average Bonchev–Trinajstić information content (AvgIpc) is 3.27. The van der Waals surface area contributed by atoms with Crippen LogP contribution in [0.2, 0.25) is 5.02 Å². The Balaban J connectivity index is 1.57. The molecule has 1 aliphatic rings. The molecule has 0 spiro atoms. The summed E-state index contributed by atoms with van der Waals surface area (Å²) in [6.07, 6.45) is 5.54. The predicted molar refractivity (Wildman–Crippen MR) is 144 cm³/mol.